The van der Waals surface area contributed by atoms with Gasteiger partial charge in [0.05, 0.1) is 6.10 Å². The van der Waals surface area contributed by atoms with Crippen molar-refractivity contribution in [2.24, 2.45) is 5.92 Å². The predicted molar refractivity (Wildman–Crippen MR) is 81.7 cm³/mol. The second-order valence-electron chi connectivity index (χ2n) is 6.08. The van der Waals surface area contributed by atoms with E-state index in [-0.39, 0.29) is 0 Å². The average Bonchev–Trinajstić information content (AvgIpc) is 2.79. The Kier molecular flexibility index (Phi) is 6.11. The van der Waals surface area contributed by atoms with E-state index in [0.29, 0.717) is 18.6 Å². The molecule has 0 amide bonds. The van der Waals surface area contributed by atoms with Crippen molar-refractivity contribution < 1.29 is 9.15 Å². The van der Waals surface area contributed by atoms with E-state index >= 15 is 0 Å². The fourth-order valence-electron chi connectivity index (χ4n) is 2.95. The highest BCUT2D eigenvalue weighted by atomic mass is 16.5. The van der Waals surface area contributed by atoms with Gasteiger partial charge < -0.3 is 14.5 Å². The van der Waals surface area contributed by atoms with Gasteiger partial charge in [0.25, 0.3) is 0 Å². The Bertz CT molecular complexity index is 400. The average molecular weight is 279 g/mol. The van der Waals surface area contributed by atoms with Gasteiger partial charge in [-0.2, -0.15) is 0 Å². The van der Waals surface area contributed by atoms with Gasteiger partial charge in [0.15, 0.2) is 0 Å². The lowest BCUT2D eigenvalue weighted by molar-refractivity contribution is -0.0221. The van der Waals surface area contributed by atoms with Crippen molar-refractivity contribution >= 4 is 0 Å². The van der Waals surface area contributed by atoms with Gasteiger partial charge in [0.1, 0.15) is 18.1 Å². The summed E-state index contributed by atoms with van der Waals surface area (Å²) in [4.78, 5) is 0. The first kappa shape index (κ1) is 15.6. The zero-order valence-corrected chi connectivity index (χ0v) is 13.2. The molecule has 0 saturated heterocycles. The van der Waals surface area contributed by atoms with Gasteiger partial charge in [-0.05, 0) is 44.7 Å². The molecule has 0 radical (unpaired) electrons. The molecule has 2 rings (SSSR count). The van der Waals surface area contributed by atoms with Crippen molar-refractivity contribution in [2.75, 3.05) is 6.54 Å². The third-order valence-corrected chi connectivity index (χ3v) is 4.29. The Balaban J connectivity index is 1.82. The van der Waals surface area contributed by atoms with Crippen molar-refractivity contribution in [2.45, 2.75) is 72.1 Å². The fraction of sp³-hybridized carbons (Fsp3) is 0.765. The maximum atomic E-state index is 6.06. The molecule has 1 aromatic rings. The number of nitrogens with one attached hydrogen (secondary N) is 1. The third kappa shape index (κ3) is 4.35. The standard InChI is InChI=1S/C17H29NO2/c1-4-9-18-11-15-10-16(20-14(15)3)12-19-17-8-6-5-7-13(17)2/h10,13,17-18H,4-9,11-12H2,1-3H3. The topological polar surface area (TPSA) is 34.4 Å². The first-order chi connectivity index (χ1) is 9.70. The second-order valence-corrected chi connectivity index (χ2v) is 6.08. The minimum absolute atomic E-state index is 0.413. The lowest BCUT2D eigenvalue weighted by Gasteiger charge is -2.28. The van der Waals surface area contributed by atoms with Gasteiger partial charge in [-0.1, -0.05) is 26.7 Å². The molecule has 1 aliphatic rings. The quantitative estimate of drug-likeness (QED) is 0.760. The van der Waals surface area contributed by atoms with E-state index in [4.69, 9.17) is 9.15 Å². The van der Waals surface area contributed by atoms with Crippen LogP contribution in [0.5, 0.6) is 0 Å². The molecule has 0 aromatic carbocycles. The first-order valence-electron chi connectivity index (χ1n) is 8.11. The molecule has 1 heterocycles. The van der Waals surface area contributed by atoms with Crippen LogP contribution in [-0.4, -0.2) is 12.6 Å². The van der Waals surface area contributed by atoms with Crippen molar-refractivity contribution in [1.82, 2.24) is 5.32 Å². The zero-order chi connectivity index (χ0) is 14.4. The minimum Gasteiger partial charge on any atom is -0.464 e. The molecule has 3 heteroatoms. The van der Waals surface area contributed by atoms with Crippen LogP contribution < -0.4 is 5.32 Å². The maximum Gasteiger partial charge on any atom is 0.130 e. The molecule has 3 nitrogen and oxygen atoms in total. The van der Waals surface area contributed by atoms with Crippen LogP contribution in [0, 0.1) is 12.8 Å². The van der Waals surface area contributed by atoms with Crippen LogP contribution >= 0.6 is 0 Å². The first-order valence-corrected chi connectivity index (χ1v) is 8.11. The molecule has 1 aromatic heterocycles. The highest BCUT2D eigenvalue weighted by molar-refractivity contribution is 5.20. The van der Waals surface area contributed by atoms with Crippen LogP contribution in [0.25, 0.3) is 0 Å². The normalized spacial score (nSPS) is 23.1. The van der Waals surface area contributed by atoms with E-state index in [1.54, 1.807) is 0 Å². The molecule has 0 spiro atoms. The van der Waals surface area contributed by atoms with Crippen LogP contribution in [0.1, 0.15) is 63.0 Å². The maximum absolute atomic E-state index is 6.06. The summed E-state index contributed by atoms with van der Waals surface area (Å²) in [5, 5.41) is 3.42. The number of furan rings is 1. The zero-order valence-electron chi connectivity index (χ0n) is 13.2. The van der Waals surface area contributed by atoms with Gasteiger partial charge in [0.2, 0.25) is 0 Å². The summed E-state index contributed by atoms with van der Waals surface area (Å²) in [5.41, 5.74) is 1.26. The summed E-state index contributed by atoms with van der Waals surface area (Å²) in [6.45, 7) is 9.08. The molecular weight excluding hydrogens is 250 g/mol. The molecule has 1 fully saturated rings. The number of ether oxygens (including phenoxy) is 1. The molecule has 0 bridgehead atoms. The highest BCUT2D eigenvalue weighted by Gasteiger charge is 2.22. The number of aryl methyl sites for hydroxylation is 1. The Morgan fingerprint density at radius 1 is 1.35 bits per heavy atom. The van der Waals surface area contributed by atoms with E-state index in [9.17, 15) is 0 Å². The Labute approximate surface area is 123 Å². The van der Waals surface area contributed by atoms with Crippen LogP contribution in [0.15, 0.2) is 10.5 Å². The van der Waals surface area contributed by atoms with Gasteiger partial charge in [-0.3, -0.25) is 0 Å². The molecule has 0 aliphatic heterocycles. The summed E-state index contributed by atoms with van der Waals surface area (Å²) in [6, 6.07) is 2.14. The molecule has 1 saturated carbocycles. The fourth-order valence-corrected chi connectivity index (χ4v) is 2.95. The van der Waals surface area contributed by atoms with Gasteiger partial charge in [-0.25, -0.2) is 0 Å². The number of hydrogen-bond donors (Lipinski definition) is 1. The lowest BCUT2D eigenvalue weighted by atomic mass is 9.88. The largest absolute Gasteiger partial charge is 0.464 e. The Hall–Kier alpha value is -0.800. The molecule has 20 heavy (non-hydrogen) atoms. The SMILES string of the molecule is CCCNCc1cc(COC2CCCCC2C)oc1C. The molecule has 114 valence electrons. The van der Waals surface area contributed by atoms with Gasteiger partial charge in [-0.15, -0.1) is 0 Å². The van der Waals surface area contributed by atoms with Crippen molar-refractivity contribution in [3.8, 4) is 0 Å². The van der Waals surface area contributed by atoms with Crippen LogP contribution in [0.2, 0.25) is 0 Å². The number of hydrogen-bond acceptors (Lipinski definition) is 3. The summed E-state index contributed by atoms with van der Waals surface area (Å²) < 4.78 is 11.9. The smallest absolute Gasteiger partial charge is 0.130 e. The molecule has 2 unspecified atom stereocenters. The predicted octanol–water partition coefficient (Wildman–Crippen LogP) is 4.18. The molecule has 1 N–H and O–H groups in total. The van der Waals surface area contributed by atoms with Crippen molar-refractivity contribution in [3.63, 3.8) is 0 Å². The number of rotatable bonds is 7. The second kappa shape index (κ2) is 7.84. The van der Waals surface area contributed by atoms with Gasteiger partial charge >= 0.3 is 0 Å². The van der Waals surface area contributed by atoms with Gasteiger partial charge in [0, 0.05) is 12.1 Å². The van der Waals surface area contributed by atoms with E-state index in [1.807, 2.05) is 6.92 Å². The monoisotopic (exact) mass is 279 g/mol. The van der Waals surface area contributed by atoms with E-state index in [0.717, 1.165) is 31.0 Å². The van der Waals surface area contributed by atoms with Crippen LogP contribution in [0.3, 0.4) is 0 Å². The van der Waals surface area contributed by atoms with Crippen molar-refractivity contribution in [1.29, 1.82) is 0 Å². The van der Waals surface area contributed by atoms with E-state index < -0.39 is 0 Å². The Morgan fingerprint density at radius 3 is 2.90 bits per heavy atom. The summed E-state index contributed by atoms with van der Waals surface area (Å²) in [5.74, 6) is 2.67. The summed E-state index contributed by atoms with van der Waals surface area (Å²) in [7, 11) is 0. The summed E-state index contributed by atoms with van der Waals surface area (Å²) >= 11 is 0. The van der Waals surface area contributed by atoms with Crippen molar-refractivity contribution in [3.05, 3.63) is 23.2 Å². The highest BCUT2D eigenvalue weighted by Crippen LogP contribution is 2.27. The molecule has 2 atom stereocenters. The third-order valence-electron chi connectivity index (χ3n) is 4.29. The summed E-state index contributed by atoms with van der Waals surface area (Å²) in [6.07, 6.45) is 6.73. The van der Waals surface area contributed by atoms with E-state index in [1.165, 1.54) is 31.2 Å². The lowest BCUT2D eigenvalue weighted by Crippen LogP contribution is -2.25. The molecule has 1 aliphatic carbocycles. The van der Waals surface area contributed by atoms with Crippen LogP contribution in [-0.2, 0) is 17.9 Å². The Morgan fingerprint density at radius 2 is 2.15 bits per heavy atom. The van der Waals surface area contributed by atoms with E-state index in [2.05, 4.69) is 25.2 Å². The minimum atomic E-state index is 0.413. The van der Waals surface area contributed by atoms with Crippen LogP contribution in [0.4, 0.5) is 0 Å². The molecular formula is C17H29NO2.